The van der Waals surface area contributed by atoms with Crippen molar-refractivity contribution in [2.45, 2.75) is 19.8 Å². The Morgan fingerprint density at radius 3 is 2.67 bits per heavy atom. The molecule has 0 saturated carbocycles. The van der Waals surface area contributed by atoms with Gasteiger partial charge in [-0.05, 0) is 37.5 Å². The van der Waals surface area contributed by atoms with Crippen molar-refractivity contribution in [3.8, 4) is 11.3 Å². The Hall–Kier alpha value is -2.42. The number of carbonyl (C=O) groups excluding carboxylic acids is 1. The molecular weight excluding hydrogens is 262 g/mol. The van der Waals surface area contributed by atoms with Crippen LogP contribution in [0.3, 0.4) is 0 Å². The molecule has 2 aromatic rings. The number of hydrogen-bond donors (Lipinski definition) is 0. The van der Waals surface area contributed by atoms with Crippen LogP contribution in [0.2, 0.25) is 0 Å². The van der Waals surface area contributed by atoms with Crippen molar-refractivity contribution in [1.29, 1.82) is 0 Å². The topological polar surface area (TPSA) is 39.2 Å². The molecule has 0 aliphatic rings. The summed E-state index contributed by atoms with van der Waals surface area (Å²) in [7, 11) is 0. The van der Waals surface area contributed by atoms with Gasteiger partial charge in [0.15, 0.2) is 0 Å². The minimum atomic E-state index is -0.326. The highest BCUT2D eigenvalue weighted by Gasteiger charge is 2.06. The number of pyridine rings is 1. The molecule has 0 saturated heterocycles. The lowest BCUT2D eigenvalue weighted by molar-refractivity contribution is -0.139. The van der Waals surface area contributed by atoms with Gasteiger partial charge in [0, 0.05) is 17.3 Å². The molecule has 3 nitrogen and oxygen atoms in total. The highest BCUT2D eigenvalue weighted by molar-refractivity contribution is 5.86. The van der Waals surface area contributed by atoms with Gasteiger partial charge in [0.2, 0.25) is 0 Å². The maximum Gasteiger partial charge on any atom is 0.333 e. The van der Waals surface area contributed by atoms with Crippen LogP contribution in [0, 0.1) is 0 Å². The van der Waals surface area contributed by atoms with Crippen molar-refractivity contribution in [3.05, 3.63) is 66.4 Å². The minimum Gasteiger partial charge on any atom is -0.462 e. The Bertz CT molecular complexity index is 620. The summed E-state index contributed by atoms with van der Waals surface area (Å²) in [6.45, 7) is 5.62. The van der Waals surface area contributed by atoms with E-state index in [1.54, 1.807) is 13.1 Å². The summed E-state index contributed by atoms with van der Waals surface area (Å²) in [5.41, 5.74) is 3.74. The Kier molecular flexibility index (Phi) is 5.27. The lowest BCUT2D eigenvalue weighted by Gasteiger charge is -2.09. The molecule has 3 heteroatoms. The van der Waals surface area contributed by atoms with Crippen molar-refractivity contribution < 1.29 is 9.53 Å². The zero-order valence-electron chi connectivity index (χ0n) is 12.2. The third-order valence-corrected chi connectivity index (χ3v) is 3.13. The van der Waals surface area contributed by atoms with Gasteiger partial charge in [-0.2, -0.15) is 0 Å². The number of aryl methyl sites for hydroxylation is 1. The molecule has 0 spiro atoms. The van der Waals surface area contributed by atoms with E-state index in [0.29, 0.717) is 12.2 Å². The number of aromatic nitrogens is 1. The SMILES string of the molecule is C=C(C)C(=O)OCCCc1ccccc1-c1ccccn1. The molecule has 1 aromatic heterocycles. The van der Waals surface area contributed by atoms with Crippen LogP contribution in [0.4, 0.5) is 0 Å². The largest absolute Gasteiger partial charge is 0.462 e. The van der Waals surface area contributed by atoms with Gasteiger partial charge in [0.1, 0.15) is 0 Å². The van der Waals surface area contributed by atoms with E-state index in [2.05, 4.69) is 23.7 Å². The molecule has 0 radical (unpaired) electrons. The number of hydrogen-bond acceptors (Lipinski definition) is 3. The second-order valence-corrected chi connectivity index (χ2v) is 4.89. The molecule has 1 heterocycles. The zero-order valence-corrected chi connectivity index (χ0v) is 12.2. The quantitative estimate of drug-likeness (QED) is 0.459. The highest BCUT2D eigenvalue weighted by Crippen LogP contribution is 2.22. The maximum absolute atomic E-state index is 11.3. The summed E-state index contributed by atoms with van der Waals surface area (Å²) in [5.74, 6) is -0.326. The molecule has 1 aromatic carbocycles. The molecule has 0 aliphatic heterocycles. The second kappa shape index (κ2) is 7.39. The van der Waals surface area contributed by atoms with Crippen LogP contribution in [0.1, 0.15) is 18.9 Å². The van der Waals surface area contributed by atoms with Gasteiger partial charge in [0.05, 0.1) is 12.3 Å². The summed E-state index contributed by atoms with van der Waals surface area (Å²) in [6, 6.07) is 14.1. The molecule has 0 amide bonds. The first-order valence-corrected chi connectivity index (χ1v) is 7.00. The molecule has 21 heavy (non-hydrogen) atoms. The van der Waals surface area contributed by atoms with Crippen molar-refractivity contribution >= 4 is 5.97 Å². The van der Waals surface area contributed by atoms with Crippen LogP contribution in [-0.2, 0) is 16.0 Å². The fourth-order valence-corrected chi connectivity index (χ4v) is 2.06. The minimum absolute atomic E-state index is 0.326. The first-order valence-electron chi connectivity index (χ1n) is 7.00. The van der Waals surface area contributed by atoms with Gasteiger partial charge in [-0.15, -0.1) is 0 Å². The summed E-state index contributed by atoms with van der Waals surface area (Å²) in [4.78, 5) is 15.7. The van der Waals surface area contributed by atoms with Crippen molar-refractivity contribution in [2.75, 3.05) is 6.61 Å². The predicted octanol–water partition coefficient (Wildman–Crippen LogP) is 3.80. The first kappa shape index (κ1) is 15.0. The second-order valence-electron chi connectivity index (χ2n) is 4.89. The summed E-state index contributed by atoms with van der Waals surface area (Å²) in [6.07, 6.45) is 3.42. The van der Waals surface area contributed by atoms with Crippen LogP contribution in [-0.4, -0.2) is 17.6 Å². The molecule has 0 aliphatic carbocycles. The number of nitrogens with zero attached hydrogens (tertiary/aromatic N) is 1. The van der Waals surface area contributed by atoms with E-state index in [1.807, 2.05) is 30.3 Å². The highest BCUT2D eigenvalue weighted by atomic mass is 16.5. The van der Waals surface area contributed by atoms with Crippen LogP contribution >= 0.6 is 0 Å². The Balaban J connectivity index is 1.98. The van der Waals surface area contributed by atoms with Gasteiger partial charge in [-0.25, -0.2) is 4.79 Å². The zero-order chi connectivity index (χ0) is 15.1. The lowest BCUT2D eigenvalue weighted by atomic mass is 10.0. The molecule has 0 N–H and O–H groups in total. The Labute approximate surface area is 125 Å². The number of ether oxygens (including phenoxy) is 1. The normalized spacial score (nSPS) is 10.1. The van der Waals surface area contributed by atoms with E-state index < -0.39 is 0 Å². The Morgan fingerprint density at radius 1 is 1.19 bits per heavy atom. The molecule has 0 fully saturated rings. The van der Waals surface area contributed by atoms with Gasteiger partial charge in [-0.1, -0.05) is 36.9 Å². The molecular formula is C18H19NO2. The van der Waals surface area contributed by atoms with Crippen molar-refractivity contribution in [2.24, 2.45) is 0 Å². The van der Waals surface area contributed by atoms with Crippen molar-refractivity contribution in [3.63, 3.8) is 0 Å². The summed E-state index contributed by atoms with van der Waals surface area (Å²) in [5, 5.41) is 0. The number of carbonyl (C=O) groups is 1. The average Bonchev–Trinajstić information content (AvgIpc) is 2.52. The van der Waals surface area contributed by atoms with E-state index in [0.717, 1.165) is 24.1 Å². The lowest BCUT2D eigenvalue weighted by Crippen LogP contribution is -2.07. The standard InChI is InChI=1S/C18H19NO2/c1-14(2)18(20)21-13-7-9-15-8-3-4-10-16(15)17-11-5-6-12-19-17/h3-6,8,10-12H,1,7,9,13H2,2H3. The van der Waals surface area contributed by atoms with Gasteiger partial charge >= 0.3 is 5.97 Å². The summed E-state index contributed by atoms with van der Waals surface area (Å²) < 4.78 is 5.12. The van der Waals surface area contributed by atoms with Crippen LogP contribution in [0.5, 0.6) is 0 Å². The smallest absolute Gasteiger partial charge is 0.333 e. The first-order chi connectivity index (χ1) is 10.2. The van der Waals surface area contributed by atoms with E-state index in [1.165, 1.54) is 5.56 Å². The number of rotatable bonds is 6. The monoisotopic (exact) mass is 281 g/mol. The van der Waals surface area contributed by atoms with Gasteiger partial charge < -0.3 is 4.74 Å². The maximum atomic E-state index is 11.3. The molecule has 0 bridgehead atoms. The average molecular weight is 281 g/mol. The number of benzene rings is 1. The van der Waals surface area contributed by atoms with Gasteiger partial charge in [-0.3, -0.25) is 4.98 Å². The third kappa shape index (κ3) is 4.28. The molecule has 2 rings (SSSR count). The van der Waals surface area contributed by atoms with Gasteiger partial charge in [0.25, 0.3) is 0 Å². The van der Waals surface area contributed by atoms with E-state index in [4.69, 9.17) is 4.74 Å². The fraction of sp³-hybridized carbons (Fsp3) is 0.222. The van der Waals surface area contributed by atoms with Crippen LogP contribution in [0.25, 0.3) is 11.3 Å². The fourth-order valence-electron chi connectivity index (χ4n) is 2.06. The van der Waals surface area contributed by atoms with Crippen LogP contribution in [0.15, 0.2) is 60.8 Å². The number of esters is 1. The van der Waals surface area contributed by atoms with Crippen molar-refractivity contribution in [1.82, 2.24) is 4.98 Å². The predicted molar refractivity (Wildman–Crippen MR) is 83.8 cm³/mol. The van der Waals surface area contributed by atoms with E-state index >= 15 is 0 Å². The molecule has 0 atom stereocenters. The molecule has 0 unspecified atom stereocenters. The van der Waals surface area contributed by atoms with E-state index in [-0.39, 0.29) is 5.97 Å². The Morgan fingerprint density at radius 2 is 1.95 bits per heavy atom. The summed E-state index contributed by atoms with van der Waals surface area (Å²) >= 11 is 0. The van der Waals surface area contributed by atoms with Crippen LogP contribution < -0.4 is 0 Å². The van der Waals surface area contributed by atoms with E-state index in [9.17, 15) is 4.79 Å². The third-order valence-electron chi connectivity index (χ3n) is 3.13. The molecule has 108 valence electrons.